The number of fused-ring (bicyclic) bond motifs is 1. The molecule has 0 radical (unpaired) electrons. The normalized spacial score (nSPS) is 17.2. The fraction of sp³-hybridized carbons (Fsp3) is 0.353. The van der Waals surface area contributed by atoms with E-state index in [0.29, 0.717) is 28.6 Å². The van der Waals surface area contributed by atoms with Crippen molar-refractivity contribution < 1.29 is 9.59 Å². The highest BCUT2D eigenvalue weighted by molar-refractivity contribution is 6.31. The van der Waals surface area contributed by atoms with Crippen LogP contribution >= 0.6 is 11.6 Å². The smallest absolute Gasteiger partial charge is 0.248 e. The van der Waals surface area contributed by atoms with Crippen molar-refractivity contribution in [3.05, 3.63) is 40.7 Å². The highest BCUT2D eigenvalue weighted by Crippen LogP contribution is 2.30. The highest BCUT2D eigenvalue weighted by atomic mass is 35.5. The van der Waals surface area contributed by atoms with Crippen LogP contribution in [0.3, 0.4) is 0 Å². The zero-order valence-electron chi connectivity index (χ0n) is 13.8. The number of anilines is 2. The third-order valence-corrected chi connectivity index (χ3v) is 4.78. The van der Waals surface area contributed by atoms with E-state index in [1.807, 2.05) is 39.0 Å². The summed E-state index contributed by atoms with van der Waals surface area (Å²) in [6.07, 6.45) is 0. The predicted molar refractivity (Wildman–Crippen MR) is 93.3 cm³/mol. The number of carbonyl (C=O) groups is 2. The third kappa shape index (κ3) is 2.89. The van der Waals surface area contributed by atoms with Crippen LogP contribution in [-0.2, 0) is 16.1 Å². The minimum atomic E-state index is -0.301. The van der Waals surface area contributed by atoms with Gasteiger partial charge in [-0.25, -0.2) is 0 Å². The van der Waals surface area contributed by atoms with Crippen LogP contribution in [0.25, 0.3) is 0 Å². The minimum absolute atomic E-state index is 0.0780. The summed E-state index contributed by atoms with van der Waals surface area (Å²) in [5, 5.41) is 7.76. The second-order valence-electron chi connectivity index (χ2n) is 6.05. The van der Waals surface area contributed by atoms with Crippen LogP contribution in [0, 0.1) is 19.8 Å². The first-order valence-electron chi connectivity index (χ1n) is 7.78. The maximum Gasteiger partial charge on any atom is 0.248 e. The topological polar surface area (TPSA) is 67.2 Å². The molecule has 1 aliphatic heterocycles. The number of nitrogens with one attached hydrogen (secondary N) is 1. The second kappa shape index (κ2) is 6.28. The van der Waals surface area contributed by atoms with Gasteiger partial charge in [-0.15, -0.1) is 0 Å². The minimum Gasteiger partial charge on any atom is -0.324 e. The average molecular weight is 347 g/mol. The van der Waals surface area contributed by atoms with Gasteiger partial charge in [0, 0.05) is 6.54 Å². The van der Waals surface area contributed by atoms with Crippen molar-refractivity contribution in [2.45, 2.75) is 27.3 Å². The molecule has 0 bridgehead atoms. The lowest BCUT2D eigenvalue weighted by molar-refractivity contribution is -0.120. The van der Waals surface area contributed by atoms with Crippen molar-refractivity contribution in [3.8, 4) is 0 Å². The molecule has 0 saturated carbocycles. The molecule has 1 aromatic carbocycles. The molecule has 2 aromatic rings. The summed E-state index contributed by atoms with van der Waals surface area (Å²) < 4.78 is 1.60. The number of hydrogen-bond donors (Lipinski definition) is 1. The molecule has 1 aliphatic rings. The lowest BCUT2D eigenvalue weighted by Gasteiger charge is -2.23. The average Bonchev–Trinajstić information content (AvgIpc) is 2.72. The van der Waals surface area contributed by atoms with E-state index in [0.717, 1.165) is 5.69 Å². The largest absolute Gasteiger partial charge is 0.324 e. The molecule has 24 heavy (non-hydrogen) atoms. The number of aryl methyl sites for hydroxylation is 1. The number of halogens is 1. The predicted octanol–water partition coefficient (Wildman–Crippen LogP) is 2.77. The number of nitrogens with zero attached hydrogens (tertiary/aromatic N) is 3. The Labute approximate surface area is 145 Å². The van der Waals surface area contributed by atoms with E-state index in [-0.39, 0.29) is 24.3 Å². The first-order valence-corrected chi connectivity index (χ1v) is 8.16. The first-order chi connectivity index (χ1) is 11.4. The van der Waals surface area contributed by atoms with E-state index in [4.69, 9.17) is 11.6 Å². The van der Waals surface area contributed by atoms with E-state index in [2.05, 4.69) is 10.4 Å². The van der Waals surface area contributed by atoms with Gasteiger partial charge < -0.3 is 10.2 Å². The monoisotopic (exact) mass is 346 g/mol. The molecule has 1 N–H and O–H groups in total. The Morgan fingerprint density at radius 2 is 2.08 bits per heavy atom. The molecular weight excluding hydrogens is 328 g/mol. The molecule has 1 aromatic heterocycles. The highest BCUT2D eigenvalue weighted by Gasteiger charge is 2.29. The Hall–Kier alpha value is -2.34. The summed E-state index contributed by atoms with van der Waals surface area (Å²) in [6, 6.07) is 7.31. The summed E-state index contributed by atoms with van der Waals surface area (Å²) in [7, 11) is 0. The number of benzene rings is 1. The summed E-state index contributed by atoms with van der Waals surface area (Å²) in [5.74, 6) is -0.523. The fourth-order valence-corrected chi connectivity index (χ4v) is 2.94. The van der Waals surface area contributed by atoms with Gasteiger partial charge in [0.1, 0.15) is 6.54 Å². The van der Waals surface area contributed by atoms with E-state index in [1.165, 1.54) is 0 Å². The van der Waals surface area contributed by atoms with Gasteiger partial charge >= 0.3 is 0 Å². The van der Waals surface area contributed by atoms with Crippen LogP contribution in [0.4, 0.5) is 11.4 Å². The zero-order chi connectivity index (χ0) is 17.4. The Balaban J connectivity index is 1.93. The Morgan fingerprint density at radius 3 is 2.75 bits per heavy atom. The Kier molecular flexibility index (Phi) is 4.32. The number of amides is 2. The van der Waals surface area contributed by atoms with Gasteiger partial charge in [0.2, 0.25) is 11.8 Å². The van der Waals surface area contributed by atoms with Gasteiger partial charge in [0.05, 0.1) is 33.7 Å². The molecule has 0 spiro atoms. The molecule has 2 heterocycles. The number of rotatable bonds is 2. The SMILES string of the molecule is Cc1nn(CC(=O)N2CC(C)C(=O)Nc3ccccc32)c(C)c1Cl. The molecule has 1 unspecified atom stereocenters. The number of para-hydroxylation sites is 2. The first kappa shape index (κ1) is 16.5. The lowest BCUT2D eigenvalue weighted by atomic mass is 10.1. The number of carbonyl (C=O) groups excluding carboxylic acids is 2. The standard InChI is InChI=1S/C17H19ClN4O2/c1-10-8-21(14-7-5-4-6-13(14)19-17(10)24)15(23)9-22-12(3)16(18)11(2)20-22/h4-7,10H,8-9H2,1-3H3,(H,19,24). The maximum atomic E-state index is 12.9. The van der Waals surface area contributed by atoms with E-state index >= 15 is 0 Å². The van der Waals surface area contributed by atoms with E-state index < -0.39 is 0 Å². The number of hydrogen-bond acceptors (Lipinski definition) is 3. The molecular formula is C17H19ClN4O2. The maximum absolute atomic E-state index is 12.9. The van der Waals surface area contributed by atoms with E-state index in [1.54, 1.807) is 15.6 Å². The van der Waals surface area contributed by atoms with Crippen LogP contribution in [-0.4, -0.2) is 28.1 Å². The lowest BCUT2D eigenvalue weighted by Crippen LogP contribution is -2.38. The van der Waals surface area contributed by atoms with Crippen LogP contribution in [0.15, 0.2) is 24.3 Å². The quantitative estimate of drug-likeness (QED) is 0.909. The molecule has 0 fully saturated rings. The Morgan fingerprint density at radius 1 is 1.38 bits per heavy atom. The van der Waals surface area contributed by atoms with Gasteiger partial charge in [-0.3, -0.25) is 14.3 Å². The van der Waals surface area contributed by atoms with Crippen molar-refractivity contribution in [2.24, 2.45) is 5.92 Å². The fourth-order valence-electron chi connectivity index (χ4n) is 2.80. The van der Waals surface area contributed by atoms with Gasteiger partial charge in [-0.2, -0.15) is 5.10 Å². The second-order valence-corrected chi connectivity index (χ2v) is 6.43. The van der Waals surface area contributed by atoms with E-state index in [9.17, 15) is 9.59 Å². The van der Waals surface area contributed by atoms with Crippen molar-refractivity contribution in [2.75, 3.05) is 16.8 Å². The van der Waals surface area contributed by atoms with Gasteiger partial charge in [-0.05, 0) is 26.0 Å². The van der Waals surface area contributed by atoms with Gasteiger partial charge in [0.15, 0.2) is 0 Å². The van der Waals surface area contributed by atoms with Crippen molar-refractivity contribution >= 4 is 34.8 Å². The van der Waals surface area contributed by atoms with Crippen molar-refractivity contribution in [1.29, 1.82) is 0 Å². The summed E-state index contributed by atoms with van der Waals surface area (Å²) in [4.78, 5) is 26.7. The molecule has 126 valence electrons. The van der Waals surface area contributed by atoms with Crippen LogP contribution < -0.4 is 10.2 Å². The molecule has 3 rings (SSSR count). The van der Waals surface area contributed by atoms with Crippen LogP contribution in [0.1, 0.15) is 18.3 Å². The molecule has 0 saturated heterocycles. The summed E-state index contributed by atoms with van der Waals surface area (Å²) in [5.41, 5.74) is 2.80. The third-order valence-electron chi connectivity index (χ3n) is 4.24. The molecule has 0 aliphatic carbocycles. The Bertz CT molecular complexity index is 815. The van der Waals surface area contributed by atoms with Gasteiger partial charge in [-0.1, -0.05) is 30.7 Å². The van der Waals surface area contributed by atoms with Gasteiger partial charge in [0.25, 0.3) is 0 Å². The molecule has 6 nitrogen and oxygen atoms in total. The zero-order valence-corrected chi connectivity index (χ0v) is 14.6. The van der Waals surface area contributed by atoms with Crippen LogP contribution in [0.2, 0.25) is 5.02 Å². The summed E-state index contributed by atoms with van der Waals surface area (Å²) >= 11 is 6.15. The van der Waals surface area contributed by atoms with Crippen LogP contribution in [0.5, 0.6) is 0 Å². The molecule has 2 amide bonds. The molecule has 7 heteroatoms. The molecule has 1 atom stereocenters. The summed E-state index contributed by atoms with van der Waals surface area (Å²) in [6.45, 7) is 5.85. The number of aromatic nitrogens is 2. The van der Waals surface area contributed by atoms with Crippen molar-refractivity contribution in [1.82, 2.24) is 9.78 Å². The van der Waals surface area contributed by atoms with Crippen molar-refractivity contribution in [3.63, 3.8) is 0 Å².